The molecule has 3 heterocycles. The van der Waals surface area contributed by atoms with Gasteiger partial charge in [0.15, 0.2) is 0 Å². The van der Waals surface area contributed by atoms with Gasteiger partial charge in [0.25, 0.3) is 0 Å². The Morgan fingerprint density at radius 3 is 3.27 bits per heavy atom. The van der Waals surface area contributed by atoms with Gasteiger partial charge in [0.1, 0.15) is 0 Å². The first-order valence-electron chi connectivity index (χ1n) is 7.64. The van der Waals surface area contributed by atoms with Crippen molar-refractivity contribution in [3.63, 3.8) is 0 Å². The number of carbonyl (C=O) groups excluding carboxylic acids is 1. The second kappa shape index (κ2) is 6.91. The van der Waals surface area contributed by atoms with Gasteiger partial charge in [-0.05, 0) is 37.1 Å². The van der Waals surface area contributed by atoms with Crippen LogP contribution in [-0.4, -0.2) is 40.7 Å². The van der Waals surface area contributed by atoms with E-state index in [2.05, 4.69) is 15.5 Å². The molecule has 1 saturated heterocycles. The average Bonchev–Trinajstić information content (AvgIpc) is 3.18. The molecule has 0 saturated carbocycles. The van der Waals surface area contributed by atoms with Crippen LogP contribution in [0.4, 0.5) is 4.79 Å². The summed E-state index contributed by atoms with van der Waals surface area (Å²) in [5.74, 6) is 1.68. The Labute approximate surface area is 133 Å². The summed E-state index contributed by atoms with van der Waals surface area (Å²) in [4.78, 5) is 18.3. The molecule has 0 aromatic carbocycles. The van der Waals surface area contributed by atoms with Gasteiger partial charge in [0.2, 0.25) is 11.7 Å². The quantitative estimate of drug-likeness (QED) is 0.940. The van der Waals surface area contributed by atoms with Gasteiger partial charge < -0.3 is 14.7 Å². The molecule has 0 bridgehead atoms. The Morgan fingerprint density at radius 2 is 2.50 bits per heavy atom. The van der Waals surface area contributed by atoms with Crippen LogP contribution < -0.4 is 5.32 Å². The Hall–Kier alpha value is -1.89. The SMILES string of the molecule is CCNC(=O)N1CCCC(Cc2nc(-c3ccsc3)no2)C1. The molecule has 1 N–H and O–H groups in total. The lowest BCUT2D eigenvalue weighted by molar-refractivity contribution is 0.162. The maximum Gasteiger partial charge on any atom is 0.317 e. The number of carbonyl (C=O) groups is 1. The van der Waals surface area contributed by atoms with E-state index in [9.17, 15) is 4.79 Å². The Morgan fingerprint density at radius 1 is 1.59 bits per heavy atom. The molecule has 3 rings (SSSR count). The predicted molar refractivity (Wildman–Crippen MR) is 84.7 cm³/mol. The van der Waals surface area contributed by atoms with Crippen LogP contribution in [0.3, 0.4) is 0 Å². The summed E-state index contributed by atoms with van der Waals surface area (Å²) < 4.78 is 5.36. The molecule has 2 aromatic heterocycles. The number of nitrogens with one attached hydrogen (secondary N) is 1. The lowest BCUT2D eigenvalue weighted by Crippen LogP contribution is -2.45. The first-order chi connectivity index (χ1) is 10.8. The highest BCUT2D eigenvalue weighted by Crippen LogP contribution is 2.23. The van der Waals surface area contributed by atoms with E-state index in [1.54, 1.807) is 11.3 Å². The fourth-order valence-corrected chi connectivity index (χ4v) is 3.41. The molecule has 1 fully saturated rings. The average molecular weight is 320 g/mol. The van der Waals surface area contributed by atoms with E-state index in [-0.39, 0.29) is 6.03 Å². The number of hydrogen-bond donors (Lipinski definition) is 1. The monoisotopic (exact) mass is 320 g/mol. The maximum absolute atomic E-state index is 11.9. The summed E-state index contributed by atoms with van der Waals surface area (Å²) in [6.07, 6.45) is 2.84. The van der Waals surface area contributed by atoms with Crippen LogP contribution >= 0.6 is 11.3 Å². The number of nitrogens with zero attached hydrogens (tertiary/aromatic N) is 3. The van der Waals surface area contributed by atoms with Crippen LogP contribution in [0.15, 0.2) is 21.3 Å². The van der Waals surface area contributed by atoms with Crippen molar-refractivity contribution in [1.82, 2.24) is 20.4 Å². The van der Waals surface area contributed by atoms with Crippen molar-refractivity contribution in [1.29, 1.82) is 0 Å². The number of rotatable bonds is 4. The standard InChI is InChI=1S/C15H20N4O2S/c1-2-16-15(20)19-6-3-4-11(9-19)8-13-17-14(18-21-13)12-5-7-22-10-12/h5,7,10-11H,2-4,6,8-9H2,1H3,(H,16,20). The van der Waals surface area contributed by atoms with E-state index >= 15 is 0 Å². The zero-order valence-electron chi connectivity index (χ0n) is 12.6. The molecular weight excluding hydrogens is 300 g/mol. The molecule has 22 heavy (non-hydrogen) atoms. The molecule has 6 nitrogen and oxygen atoms in total. The first kappa shape index (κ1) is 15.0. The highest BCUT2D eigenvalue weighted by Gasteiger charge is 2.25. The number of amides is 2. The second-order valence-corrected chi connectivity index (χ2v) is 6.30. The summed E-state index contributed by atoms with van der Waals surface area (Å²) in [5.41, 5.74) is 0.993. The number of aromatic nitrogens is 2. The van der Waals surface area contributed by atoms with Gasteiger partial charge in [0.05, 0.1) is 0 Å². The minimum atomic E-state index is 0.0247. The van der Waals surface area contributed by atoms with Crippen molar-refractivity contribution in [3.05, 3.63) is 22.7 Å². The topological polar surface area (TPSA) is 71.3 Å². The third-order valence-corrected chi connectivity index (χ3v) is 4.53. The Bertz CT molecular complexity index is 611. The van der Waals surface area contributed by atoms with Crippen LogP contribution in [0.25, 0.3) is 11.4 Å². The lowest BCUT2D eigenvalue weighted by Gasteiger charge is -2.32. The molecule has 0 aliphatic carbocycles. The summed E-state index contributed by atoms with van der Waals surface area (Å²) in [5, 5.41) is 10.9. The molecular formula is C15H20N4O2S. The van der Waals surface area contributed by atoms with Gasteiger partial charge in [-0.3, -0.25) is 0 Å². The highest BCUT2D eigenvalue weighted by atomic mass is 32.1. The minimum Gasteiger partial charge on any atom is -0.339 e. The number of likely N-dealkylation sites (tertiary alicyclic amines) is 1. The van der Waals surface area contributed by atoms with E-state index in [1.807, 2.05) is 28.7 Å². The van der Waals surface area contributed by atoms with Crippen molar-refractivity contribution in [2.24, 2.45) is 5.92 Å². The molecule has 2 amide bonds. The van der Waals surface area contributed by atoms with Gasteiger partial charge >= 0.3 is 6.03 Å². The molecule has 7 heteroatoms. The van der Waals surface area contributed by atoms with Crippen molar-refractivity contribution in [3.8, 4) is 11.4 Å². The molecule has 1 aliphatic rings. The Kier molecular flexibility index (Phi) is 4.72. The Balaban J connectivity index is 1.60. The molecule has 1 atom stereocenters. The van der Waals surface area contributed by atoms with Gasteiger partial charge in [0, 0.05) is 37.0 Å². The second-order valence-electron chi connectivity index (χ2n) is 5.52. The van der Waals surface area contributed by atoms with Crippen molar-refractivity contribution in [2.45, 2.75) is 26.2 Å². The van der Waals surface area contributed by atoms with E-state index in [0.717, 1.165) is 37.9 Å². The molecule has 1 unspecified atom stereocenters. The van der Waals surface area contributed by atoms with E-state index in [1.165, 1.54) is 0 Å². The molecule has 2 aromatic rings. The number of hydrogen-bond acceptors (Lipinski definition) is 5. The number of thiophene rings is 1. The molecule has 0 radical (unpaired) electrons. The van der Waals surface area contributed by atoms with E-state index in [0.29, 0.717) is 24.2 Å². The van der Waals surface area contributed by atoms with Crippen LogP contribution in [0.2, 0.25) is 0 Å². The highest BCUT2D eigenvalue weighted by molar-refractivity contribution is 7.08. The fraction of sp³-hybridized carbons (Fsp3) is 0.533. The van der Waals surface area contributed by atoms with E-state index in [4.69, 9.17) is 4.52 Å². The first-order valence-corrected chi connectivity index (χ1v) is 8.58. The van der Waals surface area contributed by atoms with Gasteiger partial charge in [-0.2, -0.15) is 16.3 Å². The zero-order chi connectivity index (χ0) is 15.4. The number of urea groups is 1. The van der Waals surface area contributed by atoms with E-state index < -0.39 is 0 Å². The summed E-state index contributed by atoms with van der Waals surface area (Å²) in [6.45, 7) is 4.17. The van der Waals surface area contributed by atoms with Crippen LogP contribution in [0.5, 0.6) is 0 Å². The normalized spacial score (nSPS) is 18.4. The van der Waals surface area contributed by atoms with Crippen LogP contribution in [0.1, 0.15) is 25.7 Å². The summed E-state index contributed by atoms with van der Waals surface area (Å²) in [7, 11) is 0. The minimum absolute atomic E-state index is 0.0247. The van der Waals surface area contributed by atoms with Crippen molar-refractivity contribution >= 4 is 17.4 Å². The van der Waals surface area contributed by atoms with Gasteiger partial charge in [-0.1, -0.05) is 5.16 Å². The molecule has 1 aliphatic heterocycles. The van der Waals surface area contributed by atoms with Gasteiger partial charge in [-0.25, -0.2) is 4.79 Å². The molecule has 0 spiro atoms. The smallest absolute Gasteiger partial charge is 0.317 e. The van der Waals surface area contributed by atoms with Crippen molar-refractivity contribution < 1.29 is 9.32 Å². The predicted octanol–water partition coefficient (Wildman–Crippen LogP) is 2.78. The lowest BCUT2D eigenvalue weighted by atomic mass is 9.95. The molecule has 118 valence electrons. The zero-order valence-corrected chi connectivity index (χ0v) is 13.4. The fourth-order valence-electron chi connectivity index (χ4n) is 2.77. The largest absolute Gasteiger partial charge is 0.339 e. The van der Waals surface area contributed by atoms with Crippen LogP contribution in [0, 0.1) is 5.92 Å². The summed E-state index contributed by atoms with van der Waals surface area (Å²) in [6, 6.07) is 2.01. The summed E-state index contributed by atoms with van der Waals surface area (Å²) >= 11 is 1.61. The number of piperidine rings is 1. The van der Waals surface area contributed by atoms with Crippen molar-refractivity contribution in [2.75, 3.05) is 19.6 Å². The third kappa shape index (κ3) is 3.47. The maximum atomic E-state index is 11.9. The van der Waals surface area contributed by atoms with Gasteiger partial charge in [-0.15, -0.1) is 0 Å². The third-order valence-electron chi connectivity index (χ3n) is 3.84. The van der Waals surface area contributed by atoms with Crippen LogP contribution in [-0.2, 0) is 6.42 Å².